The predicted molar refractivity (Wildman–Crippen MR) is 69.4 cm³/mol. The third kappa shape index (κ3) is 2.96. The van der Waals surface area contributed by atoms with E-state index in [0.29, 0.717) is 11.7 Å². The Labute approximate surface area is 106 Å². The fraction of sp³-hybridized carbons (Fsp3) is 0.750. The Kier molecular flexibility index (Phi) is 4.34. The maximum Gasteiger partial charge on any atom is 0.162 e. The molecule has 1 aromatic heterocycles. The molecule has 1 atom stereocenters. The first-order chi connectivity index (χ1) is 8.22. The van der Waals surface area contributed by atoms with E-state index in [4.69, 9.17) is 4.74 Å². The Morgan fingerprint density at radius 2 is 2.29 bits per heavy atom. The van der Waals surface area contributed by atoms with E-state index in [1.807, 2.05) is 18.8 Å². The molecule has 1 N–H and O–H groups in total. The van der Waals surface area contributed by atoms with Crippen molar-refractivity contribution in [2.45, 2.75) is 25.4 Å². The first-order valence-corrected chi connectivity index (χ1v) is 7.19. The summed E-state index contributed by atoms with van der Waals surface area (Å²) in [7, 11) is 3.46. The summed E-state index contributed by atoms with van der Waals surface area (Å²) in [6.45, 7) is 0. The molecule has 0 amide bonds. The van der Waals surface area contributed by atoms with Gasteiger partial charge in [0.15, 0.2) is 5.75 Å². The molecule has 0 aliphatic carbocycles. The van der Waals surface area contributed by atoms with Gasteiger partial charge in [-0.05, 0) is 36.7 Å². The highest BCUT2D eigenvalue weighted by Gasteiger charge is 2.23. The number of thioether (sulfide) groups is 1. The highest BCUT2D eigenvalue weighted by Crippen LogP contribution is 2.33. The molecule has 1 aromatic rings. The number of nitrogens with zero attached hydrogens (tertiary/aromatic N) is 2. The summed E-state index contributed by atoms with van der Waals surface area (Å²) in [4.78, 5) is 0. The normalized spacial score (nSPS) is 19.2. The first kappa shape index (κ1) is 12.8. The fourth-order valence-corrected chi connectivity index (χ4v) is 3.58. The molecular formula is C12H20N2O2S. The fourth-order valence-electron chi connectivity index (χ4n) is 2.37. The van der Waals surface area contributed by atoms with Crippen LogP contribution < -0.4 is 4.74 Å². The maximum absolute atomic E-state index is 10.3. The molecule has 96 valence electrons. The van der Waals surface area contributed by atoms with E-state index in [-0.39, 0.29) is 0 Å². The maximum atomic E-state index is 10.3. The molecule has 0 radical (unpaired) electrons. The Morgan fingerprint density at radius 3 is 2.94 bits per heavy atom. The molecule has 4 nitrogen and oxygen atoms in total. The molecular weight excluding hydrogens is 236 g/mol. The molecule has 0 bridgehead atoms. The average molecular weight is 256 g/mol. The quantitative estimate of drug-likeness (QED) is 0.895. The van der Waals surface area contributed by atoms with Gasteiger partial charge in [0.1, 0.15) is 5.69 Å². The topological polar surface area (TPSA) is 47.3 Å². The SMILES string of the molecule is COc1cnn(C)c1C(O)CC1CCSCC1. The van der Waals surface area contributed by atoms with Crippen molar-refractivity contribution in [2.24, 2.45) is 13.0 Å². The standard InChI is InChI=1S/C12H20N2O2S/c1-14-12(11(16-2)8-13-14)10(15)7-9-3-5-17-6-4-9/h8-10,15H,3-7H2,1-2H3. The van der Waals surface area contributed by atoms with Crippen LogP contribution in [0.4, 0.5) is 0 Å². The van der Waals surface area contributed by atoms with E-state index in [0.717, 1.165) is 12.1 Å². The van der Waals surface area contributed by atoms with Crippen LogP contribution in [0.1, 0.15) is 31.1 Å². The largest absolute Gasteiger partial charge is 0.493 e. The molecule has 2 heterocycles. The average Bonchev–Trinajstić information content (AvgIpc) is 2.71. The van der Waals surface area contributed by atoms with Crippen molar-refractivity contribution >= 4 is 11.8 Å². The minimum Gasteiger partial charge on any atom is -0.493 e. The highest BCUT2D eigenvalue weighted by atomic mass is 32.2. The second kappa shape index (κ2) is 5.78. The van der Waals surface area contributed by atoms with Gasteiger partial charge in [-0.15, -0.1) is 0 Å². The van der Waals surface area contributed by atoms with Gasteiger partial charge in [0.25, 0.3) is 0 Å². The first-order valence-electron chi connectivity index (χ1n) is 6.04. The third-order valence-electron chi connectivity index (χ3n) is 3.38. The number of hydrogen-bond donors (Lipinski definition) is 1. The molecule has 1 aliphatic rings. The van der Waals surface area contributed by atoms with Crippen LogP contribution >= 0.6 is 11.8 Å². The van der Waals surface area contributed by atoms with Gasteiger partial charge >= 0.3 is 0 Å². The van der Waals surface area contributed by atoms with Crippen LogP contribution in [0, 0.1) is 5.92 Å². The van der Waals surface area contributed by atoms with Gasteiger partial charge in [0.05, 0.1) is 19.4 Å². The summed E-state index contributed by atoms with van der Waals surface area (Å²) < 4.78 is 6.94. The van der Waals surface area contributed by atoms with Gasteiger partial charge in [-0.3, -0.25) is 4.68 Å². The van der Waals surface area contributed by atoms with E-state index in [2.05, 4.69) is 5.10 Å². The summed E-state index contributed by atoms with van der Waals surface area (Å²) in [6, 6.07) is 0. The van der Waals surface area contributed by atoms with E-state index in [1.165, 1.54) is 24.3 Å². The summed E-state index contributed by atoms with van der Waals surface area (Å²) in [5.41, 5.74) is 0.797. The third-order valence-corrected chi connectivity index (χ3v) is 4.43. The van der Waals surface area contributed by atoms with Crippen molar-refractivity contribution in [1.82, 2.24) is 9.78 Å². The Balaban J connectivity index is 2.02. The lowest BCUT2D eigenvalue weighted by Gasteiger charge is -2.24. The van der Waals surface area contributed by atoms with Crippen molar-refractivity contribution in [2.75, 3.05) is 18.6 Å². The van der Waals surface area contributed by atoms with E-state index in [1.54, 1.807) is 18.0 Å². The van der Waals surface area contributed by atoms with Crippen LogP contribution in [-0.2, 0) is 7.05 Å². The van der Waals surface area contributed by atoms with Gasteiger partial charge in [-0.1, -0.05) is 0 Å². The minimum absolute atomic E-state index is 0.467. The molecule has 1 unspecified atom stereocenters. The number of rotatable bonds is 4. The lowest BCUT2D eigenvalue weighted by molar-refractivity contribution is 0.129. The van der Waals surface area contributed by atoms with Crippen molar-refractivity contribution < 1.29 is 9.84 Å². The van der Waals surface area contributed by atoms with Crippen LogP contribution in [0.15, 0.2) is 6.20 Å². The Hall–Kier alpha value is -0.680. The van der Waals surface area contributed by atoms with E-state index in [9.17, 15) is 5.11 Å². The second-order valence-corrected chi connectivity index (χ2v) is 5.75. The number of aliphatic hydroxyl groups is 1. The zero-order valence-electron chi connectivity index (χ0n) is 10.4. The van der Waals surface area contributed by atoms with Crippen molar-refractivity contribution in [1.29, 1.82) is 0 Å². The van der Waals surface area contributed by atoms with E-state index >= 15 is 0 Å². The van der Waals surface area contributed by atoms with Crippen LogP contribution in [0.5, 0.6) is 5.75 Å². The molecule has 2 rings (SSSR count). The second-order valence-electron chi connectivity index (χ2n) is 4.53. The Bertz CT molecular complexity index is 361. The molecule has 1 fully saturated rings. The van der Waals surface area contributed by atoms with E-state index < -0.39 is 6.10 Å². The number of ether oxygens (including phenoxy) is 1. The van der Waals surface area contributed by atoms with Crippen molar-refractivity contribution in [3.8, 4) is 5.75 Å². The van der Waals surface area contributed by atoms with Gasteiger partial charge in [-0.25, -0.2) is 0 Å². The number of aliphatic hydroxyl groups excluding tert-OH is 1. The minimum atomic E-state index is -0.467. The molecule has 17 heavy (non-hydrogen) atoms. The number of aromatic nitrogens is 2. The van der Waals surface area contributed by atoms with Crippen molar-refractivity contribution in [3.63, 3.8) is 0 Å². The summed E-state index contributed by atoms with van der Waals surface area (Å²) >= 11 is 2.01. The lowest BCUT2D eigenvalue weighted by Crippen LogP contribution is -2.15. The predicted octanol–water partition coefficient (Wildman–Crippen LogP) is 2.00. The highest BCUT2D eigenvalue weighted by molar-refractivity contribution is 7.99. The van der Waals surface area contributed by atoms with Gasteiger partial charge in [-0.2, -0.15) is 16.9 Å². The van der Waals surface area contributed by atoms with Crippen LogP contribution in [0.2, 0.25) is 0 Å². The summed E-state index contributed by atoms with van der Waals surface area (Å²) in [6.07, 6.45) is 4.43. The lowest BCUT2D eigenvalue weighted by atomic mass is 9.94. The van der Waals surface area contributed by atoms with Crippen LogP contribution in [0.3, 0.4) is 0 Å². The van der Waals surface area contributed by atoms with Gasteiger partial charge < -0.3 is 9.84 Å². The van der Waals surface area contributed by atoms with Gasteiger partial charge in [0.2, 0.25) is 0 Å². The molecule has 1 aliphatic heterocycles. The number of hydrogen-bond acceptors (Lipinski definition) is 4. The zero-order valence-corrected chi connectivity index (χ0v) is 11.2. The zero-order chi connectivity index (χ0) is 12.3. The van der Waals surface area contributed by atoms with Crippen molar-refractivity contribution in [3.05, 3.63) is 11.9 Å². The molecule has 5 heteroatoms. The van der Waals surface area contributed by atoms with Crippen LogP contribution in [-0.4, -0.2) is 33.5 Å². The number of aryl methyl sites for hydroxylation is 1. The Morgan fingerprint density at radius 1 is 1.59 bits per heavy atom. The number of methoxy groups -OCH3 is 1. The van der Waals surface area contributed by atoms with Crippen LogP contribution in [0.25, 0.3) is 0 Å². The summed E-state index contributed by atoms with van der Waals surface area (Å²) in [5, 5.41) is 14.4. The molecule has 0 saturated carbocycles. The summed E-state index contributed by atoms with van der Waals surface area (Å²) in [5.74, 6) is 3.76. The smallest absolute Gasteiger partial charge is 0.162 e. The molecule has 1 saturated heterocycles. The molecule has 0 spiro atoms. The molecule has 0 aromatic carbocycles. The van der Waals surface area contributed by atoms with Gasteiger partial charge in [0, 0.05) is 7.05 Å². The monoisotopic (exact) mass is 256 g/mol.